The molecule has 1 aliphatic rings. The molecule has 0 spiro atoms. The summed E-state index contributed by atoms with van der Waals surface area (Å²) in [6, 6.07) is 6.83. The fourth-order valence-electron chi connectivity index (χ4n) is 2.62. The summed E-state index contributed by atoms with van der Waals surface area (Å²) in [4.78, 5) is 16.0. The smallest absolute Gasteiger partial charge is 0.325 e. The molecule has 1 unspecified atom stereocenters. The third-order valence-electron chi connectivity index (χ3n) is 3.68. The number of nitrogens with zero attached hydrogens (tertiary/aromatic N) is 2. The molecule has 1 heterocycles. The van der Waals surface area contributed by atoms with Crippen LogP contribution in [0.1, 0.15) is 25.5 Å². The molecular weight excluding hydrogens is 268 g/mol. The number of ether oxygens (including phenoxy) is 1. The second-order valence-corrected chi connectivity index (χ2v) is 5.82. The van der Waals surface area contributed by atoms with Gasteiger partial charge in [-0.05, 0) is 38.6 Å². The highest BCUT2D eigenvalue weighted by Crippen LogP contribution is 2.26. The maximum Gasteiger partial charge on any atom is 0.325 e. The van der Waals surface area contributed by atoms with E-state index in [0.717, 1.165) is 37.5 Å². The van der Waals surface area contributed by atoms with Gasteiger partial charge in [-0.15, -0.1) is 0 Å². The maximum atomic E-state index is 11.7. The molecule has 1 aliphatic heterocycles. The molecule has 0 amide bonds. The van der Waals surface area contributed by atoms with Crippen molar-refractivity contribution in [1.29, 1.82) is 0 Å². The summed E-state index contributed by atoms with van der Waals surface area (Å²) in [6.07, 6.45) is 0.0761. The van der Waals surface area contributed by atoms with Gasteiger partial charge in [-0.25, -0.2) is 0 Å². The van der Waals surface area contributed by atoms with Crippen molar-refractivity contribution in [2.75, 3.05) is 33.2 Å². The van der Waals surface area contributed by atoms with Crippen LogP contribution in [0.15, 0.2) is 24.3 Å². The number of hydrogen-bond donors (Lipinski definition) is 1. The minimum Gasteiger partial charge on any atom is -0.491 e. The van der Waals surface area contributed by atoms with Crippen molar-refractivity contribution in [2.24, 2.45) is 0 Å². The van der Waals surface area contributed by atoms with Crippen molar-refractivity contribution >= 4 is 5.97 Å². The molecule has 0 aliphatic carbocycles. The molecule has 1 aromatic carbocycles. The third kappa shape index (κ3) is 4.19. The van der Waals surface area contributed by atoms with Crippen LogP contribution < -0.4 is 4.74 Å². The largest absolute Gasteiger partial charge is 0.491 e. The SMILES string of the molecule is CC(C)Oc1cccc(C(C(=O)O)N2CCN(C)CC2)c1. The lowest BCUT2D eigenvalue weighted by atomic mass is 10.0. The highest BCUT2D eigenvalue weighted by atomic mass is 16.5. The number of benzene rings is 1. The third-order valence-corrected chi connectivity index (χ3v) is 3.68. The lowest BCUT2D eigenvalue weighted by Gasteiger charge is -2.36. The Kier molecular flexibility index (Phi) is 5.20. The first-order valence-corrected chi connectivity index (χ1v) is 7.39. The molecule has 0 bridgehead atoms. The molecule has 0 aromatic heterocycles. The summed E-state index contributed by atoms with van der Waals surface area (Å²) in [5, 5.41) is 9.62. The number of piperazine rings is 1. The monoisotopic (exact) mass is 292 g/mol. The summed E-state index contributed by atoms with van der Waals surface area (Å²) >= 11 is 0. The average Bonchev–Trinajstić information content (AvgIpc) is 2.40. The topological polar surface area (TPSA) is 53.0 Å². The van der Waals surface area contributed by atoms with Gasteiger partial charge in [-0.1, -0.05) is 12.1 Å². The minimum absolute atomic E-state index is 0.0761. The quantitative estimate of drug-likeness (QED) is 0.897. The van der Waals surface area contributed by atoms with Crippen molar-refractivity contribution in [2.45, 2.75) is 26.0 Å². The van der Waals surface area contributed by atoms with Crippen LogP contribution >= 0.6 is 0 Å². The Hall–Kier alpha value is -1.59. The normalized spacial score (nSPS) is 18.7. The highest BCUT2D eigenvalue weighted by molar-refractivity contribution is 5.75. The van der Waals surface area contributed by atoms with Gasteiger partial charge in [0.1, 0.15) is 11.8 Å². The zero-order valence-electron chi connectivity index (χ0n) is 13.0. The Morgan fingerprint density at radius 3 is 2.48 bits per heavy atom. The van der Waals surface area contributed by atoms with E-state index in [0.29, 0.717) is 0 Å². The lowest BCUT2D eigenvalue weighted by Crippen LogP contribution is -2.47. The van der Waals surface area contributed by atoms with Gasteiger partial charge in [0.2, 0.25) is 0 Å². The van der Waals surface area contributed by atoms with Crippen molar-refractivity contribution in [3.8, 4) is 5.75 Å². The summed E-state index contributed by atoms with van der Waals surface area (Å²) in [7, 11) is 2.06. The first kappa shape index (κ1) is 15.8. The predicted molar refractivity (Wildman–Crippen MR) is 81.7 cm³/mol. The Morgan fingerprint density at radius 1 is 1.24 bits per heavy atom. The second kappa shape index (κ2) is 6.91. The van der Waals surface area contributed by atoms with E-state index in [1.54, 1.807) is 0 Å². The van der Waals surface area contributed by atoms with Crippen molar-refractivity contribution in [3.05, 3.63) is 29.8 Å². The molecule has 0 saturated carbocycles. The number of carboxylic acids is 1. The van der Waals surface area contributed by atoms with Crippen LogP contribution in [-0.4, -0.2) is 60.2 Å². The molecule has 116 valence electrons. The van der Waals surface area contributed by atoms with Gasteiger partial charge in [0.05, 0.1) is 6.10 Å². The van der Waals surface area contributed by atoms with Crippen LogP contribution in [0.3, 0.4) is 0 Å². The van der Waals surface area contributed by atoms with Gasteiger partial charge >= 0.3 is 5.97 Å². The van der Waals surface area contributed by atoms with E-state index in [4.69, 9.17) is 4.74 Å². The molecule has 1 fully saturated rings. The summed E-state index contributed by atoms with van der Waals surface area (Å²) in [5.41, 5.74) is 0.783. The molecule has 21 heavy (non-hydrogen) atoms. The van der Waals surface area contributed by atoms with E-state index < -0.39 is 12.0 Å². The van der Waals surface area contributed by atoms with E-state index in [9.17, 15) is 9.90 Å². The van der Waals surface area contributed by atoms with Crippen molar-refractivity contribution < 1.29 is 14.6 Å². The Bertz CT molecular complexity index is 482. The van der Waals surface area contributed by atoms with Gasteiger partial charge in [0.25, 0.3) is 0 Å². The van der Waals surface area contributed by atoms with Crippen LogP contribution in [0, 0.1) is 0 Å². The number of rotatable bonds is 5. The predicted octanol–water partition coefficient (Wildman–Crippen LogP) is 1.85. The average molecular weight is 292 g/mol. The van der Waals surface area contributed by atoms with Gasteiger partial charge in [0.15, 0.2) is 0 Å². The number of aliphatic carboxylic acids is 1. The zero-order chi connectivity index (χ0) is 15.4. The molecule has 5 nitrogen and oxygen atoms in total. The number of hydrogen-bond acceptors (Lipinski definition) is 4. The van der Waals surface area contributed by atoms with Crippen LogP contribution in [0.2, 0.25) is 0 Å². The summed E-state index contributed by atoms with van der Waals surface area (Å²) in [6.45, 7) is 7.24. The Morgan fingerprint density at radius 2 is 1.90 bits per heavy atom. The van der Waals surface area contributed by atoms with Crippen LogP contribution in [0.4, 0.5) is 0 Å². The van der Waals surface area contributed by atoms with Gasteiger partial charge in [-0.3, -0.25) is 9.69 Å². The van der Waals surface area contributed by atoms with Gasteiger partial charge in [0, 0.05) is 26.2 Å². The molecule has 1 atom stereocenters. The van der Waals surface area contributed by atoms with Gasteiger partial charge in [-0.2, -0.15) is 0 Å². The molecule has 1 aromatic rings. The van der Waals surface area contributed by atoms with Crippen LogP contribution in [0.5, 0.6) is 5.75 Å². The van der Waals surface area contributed by atoms with Crippen LogP contribution in [0.25, 0.3) is 0 Å². The lowest BCUT2D eigenvalue weighted by molar-refractivity contribution is -0.144. The molecular formula is C16H24N2O3. The zero-order valence-corrected chi connectivity index (χ0v) is 13.0. The second-order valence-electron chi connectivity index (χ2n) is 5.82. The summed E-state index contributed by atoms with van der Waals surface area (Å²) < 4.78 is 5.67. The molecule has 1 saturated heterocycles. The standard InChI is InChI=1S/C16H24N2O3/c1-12(2)21-14-6-4-5-13(11-14)15(16(19)20)18-9-7-17(3)8-10-18/h4-6,11-12,15H,7-10H2,1-3H3,(H,19,20). The van der Waals surface area contributed by atoms with E-state index in [1.165, 1.54) is 0 Å². The first-order chi connectivity index (χ1) is 9.97. The first-order valence-electron chi connectivity index (χ1n) is 7.39. The fraction of sp³-hybridized carbons (Fsp3) is 0.562. The number of likely N-dealkylation sites (N-methyl/N-ethyl adjacent to an activating group) is 1. The fourth-order valence-corrected chi connectivity index (χ4v) is 2.62. The van der Waals surface area contributed by atoms with Crippen molar-refractivity contribution in [3.63, 3.8) is 0 Å². The minimum atomic E-state index is -0.804. The Labute approximate surface area is 126 Å². The van der Waals surface area contributed by atoms with Crippen LogP contribution in [-0.2, 0) is 4.79 Å². The molecule has 5 heteroatoms. The van der Waals surface area contributed by atoms with Crippen molar-refractivity contribution in [1.82, 2.24) is 9.80 Å². The summed E-state index contributed by atoms with van der Waals surface area (Å²) in [5.74, 6) is -0.0795. The number of carbonyl (C=O) groups is 1. The molecule has 0 radical (unpaired) electrons. The molecule has 1 N–H and O–H groups in total. The van der Waals surface area contributed by atoms with Gasteiger partial charge < -0.3 is 14.7 Å². The number of carboxylic acid groups (broad SMARTS) is 1. The highest BCUT2D eigenvalue weighted by Gasteiger charge is 2.29. The van der Waals surface area contributed by atoms with E-state index in [1.807, 2.05) is 43.0 Å². The van der Waals surface area contributed by atoms with E-state index in [2.05, 4.69) is 11.9 Å². The van der Waals surface area contributed by atoms with E-state index in [-0.39, 0.29) is 6.10 Å². The molecule has 2 rings (SSSR count). The maximum absolute atomic E-state index is 11.7. The van der Waals surface area contributed by atoms with E-state index >= 15 is 0 Å². The Balaban J connectivity index is 2.20.